The molecule has 0 aliphatic carbocycles. The first kappa shape index (κ1) is 14.8. The molecule has 0 bridgehead atoms. The van der Waals surface area contributed by atoms with E-state index in [1.807, 2.05) is 18.0 Å². The summed E-state index contributed by atoms with van der Waals surface area (Å²) in [5.74, 6) is 0.892. The van der Waals surface area contributed by atoms with Gasteiger partial charge in [0.15, 0.2) is 0 Å². The lowest BCUT2D eigenvalue weighted by Crippen LogP contribution is -2.25. The monoisotopic (exact) mass is 272 g/mol. The van der Waals surface area contributed by atoms with Crippen molar-refractivity contribution in [2.75, 3.05) is 38.4 Å². The number of hydrogen-bond donors (Lipinski definition) is 1. The molecule has 1 rings (SSSR count). The summed E-state index contributed by atoms with van der Waals surface area (Å²) in [6.07, 6.45) is 1.24. The highest BCUT2D eigenvalue weighted by Crippen LogP contribution is 2.20. The number of ether oxygens (including phenoxy) is 1. The molecule has 1 aromatic rings. The molecule has 5 nitrogen and oxygen atoms in total. The van der Waals surface area contributed by atoms with E-state index in [0.29, 0.717) is 18.8 Å². The Bertz CT molecular complexity index is 500. The van der Waals surface area contributed by atoms with Gasteiger partial charge in [-0.25, -0.2) is 8.42 Å². The molecule has 0 spiro atoms. The molecule has 0 aliphatic heterocycles. The Hall–Kier alpha value is -1.27. The van der Waals surface area contributed by atoms with Crippen molar-refractivity contribution in [1.82, 2.24) is 4.90 Å². The van der Waals surface area contributed by atoms with Crippen LogP contribution in [0.2, 0.25) is 0 Å². The lowest BCUT2D eigenvalue weighted by Gasteiger charge is -2.17. The number of anilines is 1. The molecule has 0 atom stereocenters. The number of rotatable bonds is 6. The van der Waals surface area contributed by atoms with E-state index >= 15 is 0 Å². The van der Waals surface area contributed by atoms with E-state index in [-0.39, 0.29) is 5.75 Å². The first-order valence-electron chi connectivity index (χ1n) is 5.60. The van der Waals surface area contributed by atoms with Gasteiger partial charge < -0.3 is 15.4 Å². The third-order valence-corrected chi connectivity index (χ3v) is 3.56. The summed E-state index contributed by atoms with van der Waals surface area (Å²) in [6, 6.07) is 5.46. The highest BCUT2D eigenvalue weighted by Gasteiger charge is 2.08. The molecular weight excluding hydrogens is 252 g/mol. The smallest absolute Gasteiger partial charge is 0.148 e. The zero-order chi connectivity index (χ0) is 13.8. The molecule has 1 aromatic carbocycles. The SMILES string of the molecule is COc1ccc(N)c(CN(C)CCS(C)(=O)=O)c1. The van der Waals surface area contributed by atoms with Crippen LogP contribution in [0.15, 0.2) is 18.2 Å². The molecule has 0 radical (unpaired) electrons. The summed E-state index contributed by atoms with van der Waals surface area (Å²) < 4.78 is 27.3. The molecule has 0 amide bonds. The average molecular weight is 272 g/mol. The van der Waals surface area contributed by atoms with E-state index in [1.54, 1.807) is 19.2 Å². The molecule has 18 heavy (non-hydrogen) atoms. The molecule has 102 valence electrons. The minimum Gasteiger partial charge on any atom is -0.497 e. The fourth-order valence-corrected chi connectivity index (χ4v) is 2.18. The summed E-state index contributed by atoms with van der Waals surface area (Å²) >= 11 is 0. The quantitative estimate of drug-likeness (QED) is 0.774. The van der Waals surface area contributed by atoms with E-state index in [4.69, 9.17) is 10.5 Å². The summed E-state index contributed by atoms with van der Waals surface area (Å²) in [6.45, 7) is 1.08. The Labute approximate surface area is 108 Å². The fraction of sp³-hybridized carbons (Fsp3) is 0.500. The van der Waals surface area contributed by atoms with Gasteiger partial charge in [0, 0.05) is 25.0 Å². The Morgan fingerprint density at radius 2 is 2.06 bits per heavy atom. The number of nitrogens with two attached hydrogens (primary N) is 1. The fourth-order valence-electron chi connectivity index (χ4n) is 1.54. The van der Waals surface area contributed by atoms with Gasteiger partial charge in [-0.15, -0.1) is 0 Å². The molecule has 0 aromatic heterocycles. The van der Waals surface area contributed by atoms with Crippen molar-refractivity contribution in [3.8, 4) is 5.75 Å². The minimum absolute atomic E-state index is 0.146. The van der Waals surface area contributed by atoms with Crippen LogP contribution in [-0.2, 0) is 16.4 Å². The van der Waals surface area contributed by atoms with Crippen molar-refractivity contribution < 1.29 is 13.2 Å². The molecule has 2 N–H and O–H groups in total. The molecule has 0 unspecified atom stereocenters. The van der Waals surface area contributed by atoms with Crippen LogP contribution < -0.4 is 10.5 Å². The number of nitrogen functional groups attached to an aromatic ring is 1. The normalized spacial score (nSPS) is 11.8. The lowest BCUT2D eigenvalue weighted by molar-refractivity contribution is 0.345. The number of benzene rings is 1. The van der Waals surface area contributed by atoms with Gasteiger partial charge in [-0.05, 0) is 30.8 Å². The second kappa shape index (κ2) is 6.06. The third-order valence-electron chi connectivity index (χ3n) is 2.63. The topological polar surface area (TPSA) is 72.6 Å². The van der Waals surface area contributed by atoms with Gasteiger partial charge in [-0.1, -0.05) is 0 Å². The maximum Gasteiger partial charge on any atom is 0.148 e. The van der Waals surface area contributed by atoms with E-state index < -0.39 is 9.84 Å². The van der Waals surface area contributed by atoms with Crippen LogP contribution in [0.25, 0.3) is 0 Å². The standard InChI is InChI=1S/C12H20N2O3S/c1-14(6-7-18(3,15)16)9-10-8-11(17-2)4-5-12(10)13/h4-5,8H,6-7,9,13H2,1-3H3. The van der Waals surface area contributed by atoms with Crippen LogP contribution in [0.4, 0.5) is 5.69 Å². The Morgan fingerprint density at radius 3 is 2.61 bits per heavy atom. The van der Waals surface area contributed by atoms with Gasteiger partial charge in [-0.3, -0.25) is 0 Å². The zero-order valence-corrected chi connectivity index (χ0v) is 11.8. The average Bonchev–Trinajstić information content (AvgIpc) is 2.28. The molecule has 0 fully saturated rings. The summed E-state index contributed by atoms with van der Waals surface area (Å²) in [7, 11) is 0.533. The van der Waals surface area contributed by atoms with Crippen LogP contribution in [0.5, 0.6) is 5.75 Å². The van der Waals surface area contributed by atoms with Crippen molar-refractivity contribution in [2.45, 2.75) is 6.54 Å². The first-order chi connectivity index (χ1) is 8.31. The molecular formula is C12H20N2O3S. The second-order valence-corrected chi connectivity index (χ2v) is 6.69. The molecule has 0 aliphatic rings. The Kier molecular flexibility index (Phi) is 4.98. The largest absolute Gasteiger partial charge is 0.497 e. The van der Waals surface area contributed by atoms with Gasteiger partial charge in [0.2, 0.25) is 0 Å². The van der Waals surface area contributed by atoms with Crippen LogP contribution in [0.3, 0.4) is 0 Å². The van der Waals surface area contributed by atoms with Gasteiger partial charge >= 0.3 is 0 Å². The highest BCUT2D eigenvalue weighted by atomic mass is 32.2. The Morgan fingerprint density at radius 1 is 1.39 bits per heavy atom. The van der Waals surface area contributed by atoms with E-state index in [2.05, 4.69) is 0 Å². The van der Waals surface area contributed by atoms with E-state index in [1.165, 1.54) is 6.26 Å². The van der Waals surface area contributed by atoms with Crippen LogP contribution >= 0.6 is 0 Å². The number of sulfone groups is 1. The third kappa shape index (κ3) is 4.93. The van der Waals surface area contributed by atoms with Crippen LogP contribution in [0, 0.1) is 0 Å². The molecule has 0 saturated heterocycles. The zero-order valence-electron chi connectivity index (χ0n) is 11.0. The maximum atomic E-state index is 11.1. The van der Waals surface area contributed by atoms with Gasteiger partial charge in [0.1, 0.15) is 15.6 Å². The summed E-state index contributed by atoms with van der Waals surface area (Å²) in [4.78, 5) is 1.92. The van der Waals surface area contributed by atoms with Crippen LogP contribution in [0.1, 0.15) is 5.56 Å². The molecule has 0 saturated carbocycles. The minimum atomic E-state index is -2.93. The van der Waals surface area contributed by atoms with Crippen molar-refractivity contribution >= 4 is 15.5 Å². The van der Waals surface area contributed by atoms with Gasteiger partial charge in [0.25, 0.3) is 0 Å². The van der Waals surface area contributed by atoms with Crippen LogP contribution in [-0.4, -0.2) is 46.0 Å². The van der Waals surface area contributed by atoms with Crippen molar-refractivity contribution in [3.63, 3.8) is 0 Å². The number of methoxy groups -OCH3 is 1. The second-order valence-electron chi connectivity index (χ2n) is 4.43. The van der Waals surface area contributed by atoms with Crippen molar-refractivity contribution in [1.29, 1.82) is 0 Å². The summed E-state index contributed by atoms with van der Waals surface area (Å²) in [5, 5.41) is 0. The lowest BCUT2D eigenvalue weighted by atomic mass is 10.1. The Balaban J connectivity index is 2.66. The van der Waals surface area contributed by atoms with Crippen molar-refractivity contribution in [2.24, 2.45) is 0 Å². The van der Waals surface area contributed by atoms with Gasteiger partial charge in [0.05, 0.1) is 12.9 Å². The highest BCUT2D eigenvalue weighted by molar-refractivity contribution is 7.90. The molecule has 6 heteroatoms. The summed E-state index contributed by atoms with van der Waals surface area (Å²) in [5.41, 5.74) is 7.49. The number of nitrogens with zero attached hydrogens (tertiary/aromatic N) is 1. The molecule has 0 heterocycles. The number of hydrogen-bond acceptors (Lipinski definition) is 5. The van der Waals surface area contributed by atoms with E-state index in [9.17, 15) is 8.42 Å². The predicted octanol–water partition coefficient (Wildman–Crippen LogP) is 0.754. The van der Waals surface area contributed by atoms with Crippen molar-refractivity contribution in [3.05, 3.63) is 23.8 Å². The predicted molar refractivity (Wildman–Crippen MR) is 73.5 cm³/mol. The van der Waals surface area contributed by atoms with E-state index in [0.717, 1.165) is 11.3 Å². The first-order valence-corrected chi connectivity index (χ1v) is 7.66. The maximum absolute atomic E-state index is 11.1. The van der Waals surface area contributed by atoms with Gasteiger partial charge in [-0.2, -0.15) is 0 Å².